The van der Waals surface area contributed by atoms with Crippen LogP contribution in [-0.4, -0.2) is 28.9 Å². The van der Waals surface area contributed by atoms with Crippen LogP contribution in [0.4, 0.5) is 10.1 Å². The van der Waals surface area contributed by atoms with E-state index in [9.17, 15) is 24.1 Å². The van der Waals surface area contributed by atoms with Crippen LogP contribution in [-0.2, 0) is 32.1 Å². The number of benzene rings is 2. The minimum Gasteiger partial charge on any atom is -0.487 e. The molecule has 0 spiro atoms. The third kappa shape index (κ3) is 3.85. The molecule has 2 heterocycles. The summed E-state index contributed by atoms with van der Waals surface area (Å²) in [5.74, 6) is -0.0324. The maximum absolute atomic E-state index is 13.9. The highest BCUT2D eigenvalue weighted by Gasteiger charge is 2.66. The summed E-state index contributed by atoms with van der Waals surface area (Å²) in [7, 11) is 0. The molecule has 202 valence electrons. The Morgan fingerprint density at radius 2 is 1.92 bits per heavy atom. The van der Waals surface area contributed by atoms with Gasteiger partial charge in [-0.25, -0.2) is 4.39 Å². The number of aryl methyl sites for hydroxylation is 1. The molecule has 0 saturated heterocycles. The van der Waals surface area contributed by atoms with Gasteiger partial charge in [0.25, 0.3) is 5.91 Å². The van der Waals surface area contributed by atoms with Crippen molar-refractivity contribution in [3.05, 3.63) is 74.6 Å². The van der Waals surface area contributed by atoms with Crippen LogP contribution < -0.4 is 5.32 Å². The fraction of sp³-hybridized carbons (Fsp3) is 0.467. The van der Waals surface area contributed by atoms with E-state index in [1.165, 1.54) is 12.1 Å². The molecule has 2 aromatic carbocycles. The van der Waals surface area contributed by atoms with E-state index in [-0.39, 0.29) is 35.2 Å². The number of esters is 1. The summed E-state index contributed by atoms with van der Waals surface area (Å²) in [6.07, 6.45) is 5.27. The van der Waals surface area contributed by atoms with Gasteiger partial charge >= 0.3 is 5.97 Å². The van der Waals surface area contributed by atoms with Crippen molar-refractivity contribution in [2.75, 3.05) is 11.9 Å². The van der Waals surface area contributed by atoms with Crippen molar-refractivity contribution in [1.82, 2.24) is 0 Å². The molecule has 2 aromatic rings. The third-order valence-electron chi connectivity index (χ3n) is 9.43. The van der Waals surface area contributed by atoms with E-state index in [1.807, 2.05) is 18.2 Å². The number of fused-ring (bicyclic) bond motifs is 2. The molecule has 9 heteroatoms. The molecule has 2 atom stereocenters. The zero-order valence-corrected chi connectivity index (χ0v) is 21.5. The third-order valence-corrected chi connectivity index (χ3v) is 9.43. The van der Waals surface area contributed by atoms with Gasteiger partial charge in [0.2, 0.25) is 5.54 Å². The molecule has 39 heavy (non-hydrogen) atoms. The molecule has 4 bridgehead atoms. The Labute approximate surface area is 224 Å². The predicted octanol–water partition coefficient (Wildman–Crippen LogP) is 5.27. The quantitative estimate of drug-likeness (QED) is 0.179. The van der Waals surface area contributed by atoms with Crippen LogP contribution >= 0.6 is 0 Å². The van der Waals surface area contributed by atoms with Gasteiger partial charge in [-0.15, -0.1) is 0 Å². The first-order chi connectivity index (χ1) is 18.8. The molecule has 4 fully saturated rings. The first-order valence-electron chi connectivity index (χ1n) is 13.7. The van der Waals surface area contributed by atoms with Crippen molar-refractivity contribution in [2.24, 2.45) is 17.3 Å². The Balaban J connectivity index is 1.01. The Kier molecular flexibility index (Phi) is 5.38. The molecule has 6 aliphatic rings. The maximum Gasteiger partial charge on any atom is 0.312 e. The molecule has 2 unspecified atom stereocenters. The normalized spacial score (nSPS) is 31.5. The van der Waals surface area contributed by atoms with Gasteiger partial charge < -0.3 is 14.8 Å². The Morgan fingerprint density at radius 3 is 2.69 bits per heavy atom. The summed E-state index contributed by atoms with van der Waals surface area (Å²) < 4.78 is 25.5. The fourth-order valence-corrected chi connectivity index (χ4v) is 8.20. The number of nitrogens with one attached hydrogen (secondary N) is 1. The Morgan fingerprint density at radius 1 is 1.13 bits per heavy atom. The van der Waals surface area contributed by atoms with Crippen LogP contribution in [0.5, 0.6) is 0 Å². The number of nitrogens with zero attached hydrogens (tertiary/aromatic N) is 1. The van der Waals surface area contributed by atoms with Crippen LogP contribution in [0.2, 0.25) is 0 Å². The molecule has 4 saturated carbocycles. The first kappa shape index (κ1) is 24.3. The second-order valence-electron chi connectivity index (χ2n) is 12.1. The molecule has 1 amide bonds. The highest BCUT2D eigenvalue weighted by Crippen LogP contribution is 2.63. The second kappa shape index (κ2) is 8.63. The van der Waals surface area contributed by atoms with Crippen LogP contribution in [0.3, 0.4) is 0 Å². The van der Waals surface area contributed by atoms with Gasteiger partial charge in [0.1, 0.15) is 18.2 Å². The largest absolute Gasteiger partial charge is 0.487 e. The topological polar surface area (TPSA) is 108 Å². The van der Waals surface area contributed by atoms with Gasteiger partial charge in [0.05, 0.1) is 17.6 Å². The van der Waals surface area contributed by atoms with E-state index in [0.717, 1.165) is 36.0 Å². The molecule has 8 nitrogen and oxygen atoms in total. The number of halogens is 1. The van der Waals surface area contributed by atoms with Crippen molar-refractivity contribution >= 4 is 28.9 Å². The first-order valence-corrected chi connectivity index (χ1v) is 13.7. The molecular weight excluding hydrogens is 503 g/mol. The smallest absolute Gasteiger partial charge is 0.312 e. The lowest BCUT2D eigenvalue weighted by Gasteiger charge is -2.56. The van der Waals surface area contributed by atoms with E-state index < -0.39 is 16.8 Å². The van der Waals surface area contributed by atoms with Gasteiger partial charge in [0, 0.05) is 46.6 Å². The number of carbonyl (C=O) groups excluding carboxylic acids is 2. The van der Waals surface area contributed by atoms with Gasteiger partial charge in [0.15, 0.2) is 0 Å². The van der Waals surface area contributed by atoms with Crippen molar-refractivity contribution in [1.29, 1.82) is 0 Å². The summed E-state index contributed by atoms with van der Waals surface area (Å²) in [5, 5.41) is 14.7. The lowest BCUT2D eigenvalue weighted by Crippen LogP contribution is -2.61. The Bertz CT molecular complexity index is 1450. The lowest BCUT2D eigenvalue weighted by atomic mass is 9.47. The molecule has 0 radical (unpaired) electrons. The summed E-state index contributed by atoms with van der Waals surface area (Å²) in [6, 6.07) is 10.1. The number of rotatable bonds is 6. The monoisotopic (exact) mass is 532 g/mol. The minimum atomic E-state index is -0.945. The van der Waals surface area contributed by atoms with E-state index >= 15 is 0 Å². The molecule has 1 N–H and O–H groups in total. The standard InChI is InChI=1S/C30H29FN2O6/c31-21-4-6-24-23(10-21)25(27(34)32-24)26-22-5-3-17(9-20(22)15-39-26)2-1-7-38-28(35)29-11-18-8-19(12-29)14-30(13-18,16-29)33(36)37/h3-6,9-10,18-19H,1-2,7-8,11-16H2,(H,32,34). The summed E-state index contributed by atoms with van der Waals surface area (Å²) in [6.45, 7) is 0.588. The van der Waals surface area contributed by atoms with Gasteiger partial charge in [-0.3, -0.25) is 19.7 Å². The number of nitro groups is 1. The fourth-order valence-electron chi connectivity index (χ4n) is 8.20. The number of amides is 1. The minimum absolute atomic E-state index is 0.123. The number of ether oxygens (including phenoxy) is 2. The molecule has 2 aliphatic heterocycles. The SMILES string of the molecule is O=C1Nc2ccc(F)cc2C1=C1OCc2cc(CCCOC(=O)C34CC5CC(C3)CC([N+](=O)[O-])(C5)C4)ccc21. The molecule has 4 aliphatic carbocycles. The van der Waals surface area contributed by atoms with Crippen LogP contribution in [0.1, 0.15) is 67.2 Å². The van der Waals surface area contributed by atoms with Gasteiger partial charge in [-0.1, -0.05) is 18.2 Å². The van der Waals surface area contributed by atoms with E-state index in [1.54, 1.807) is 6.07 Å². The highest BCUT2D eigenvalue weighted by atomic mass is 19.1. The van der Waals surface area contributed by atoms with E-state index in [4.69, 9.17) is 9.47 Å². The average molecular weight is 533 g/mol. The number of hydrogen-bond acceptors (Lipinski definition) is 6. The Hall–Kier alpha value is -3.75. The van der Waals surface area contributed by atoms with Crippen molar-refractivity contribution < 1.29 is 28.4 Å². The van der Waals surface area contributed by atoms with Crippen molar-refractivity contribution in [3.8, 4) is 0 Å². The van der Waals surface area contributed by atoms with Crippen LogP contribution in [0.15, 0.2) is 36.4 Å². The van der Waals surface area contributed by atoms with E-state index in [2.05, 4.69) is 5.32 Å². The highest BCUT2D eigenvalue weighted by molar-refractivity contribution is 6.36. The summed E-state index contributed by atoms with van der Waals surface area (Å²) >= 11 is 0. The molecule has 8 rings (SSSR count). The maximum atomic E-state index is 13.9. The molecule has 0 aromatic heterocycles. The van der Waals surface area contributed by atoms with Crippen molar-refractivity contribution in [2.45, 2.75) is 63.5 Å². The average Bonchev–Trinajstić information content (AvgIpc) is 3.44. The molecular formula is C30H29FN2O6. The summed E-state index contributed by atoms with van der Waals surface area (Å²) in [4.78, 5) is 37.6. The van der Waals surface area contributed by atoms with E-state index in [0.29, 0.717) is 61.3 Å². The van der Waals surface area contributed by atoms with Crippen LogP contribution in [0, 0.1) is 33.2 Å². The zero-order chi connectivity index (χ0) is 26.9. The zero-order valence-electron chi connectivity index (χ0n) is 21.5. The lowest BCUT2D eigenvalue weighted by molar-refractivity contribution is -0.590. The van der Waals surface area contributed by atoms with Crippen LogP contribution in [0.25, 0.3) is 11.3 Å². The summed E-state index contributed by atoms with van der Waals surface area (Å²) in [5.41, 5.74) is 2.58. The van der Waals surface area contributed by atoms with Crippen molar-refractivity contribution in [3.63, 3.8) is 0 Å². The van der Waals surface area contributed by atoms with Gasteiger partial charge in [-0.2, -0.15) is 0 Å². The second-order valence-corrected chi connectivity index (χ2v) is 12.1. The number of anilines is 1. The predicted molar refractivity (Wildman–Crippen MR) is 139 cm³/mol. The number of carbonyl (C=O) groups is 2. The number of hydrogen-bond donors (Lipinski definition) is 1. The van der Waals surface area contributed by atoms with Gasteiger partial charge in [-0.05, 0) is 67.7 Å².